The lowest BCUT2D eigenvalue weighted by atomic mass is 10.1. The molecule has 0 bridgehead atoms. The van der Waals surface area contributed by atoms with E-state index in [-0.39, 0.29) is 17.7 Å². The maximum atomic E-state index is 12.6. The van der Waals surface area contributed by atoms with E-state index in [1.54, 1.807) is 18.2 Å². The van der Waals surface area contributed by atoms with Crippen LogP contribution in [-0.4, -0.2) is 16.8 Å². The number of fused-ring (bicyclic) bond motifs is 1. The average Bonchev–Trinajstić information content (AvgIpc) is 2.99. The van der Waals surface area contributed by atoms with Gasteiger partial charge in [-0.05, 0) is 43.2 Å². The number of thiazole rings is 1. The Morgan fingerprint density at radius 1 is 1.04 bits per heavy atom. The number of amides is 2. The van der Waals surface area contributed by atoms with Crippen LogP contribution in [0.4, 0.5) is 10.8 Å². The number of aromatic nitrogens is 1. The summed E-state index contributed by atoms with van der Waals surface area (Å²) in [5.41, 5.74) is 4.21. The highest BCUT2D eigenvalue weighted by Gasteiger charge is 2.14. The molecule has 134 valence electrons. The summed E-state index contributed by atoms with van der Waals surface area (Å²) in [7, 11) is 0. The summed E-state index contributed by atoms with van der Waals surface area (Å²) in [6.07, 6.45) is 0. The van der Waals surface area contributed by atoms with Gasteiger partial charge in [-0.1, -0.05) is 43.4 Å². The number of nitrogens with one attached hydrogen (secondary N) is 2. The zero-order valence-corrected chi connectivity index (χ0v) is 16.0. The van der Waals surface area contributed by atoms with Crippen LogP contribution in [0.3, 0.4) is 0 Å². The van der Waals surface area contributed by atoms with Gasteiger partial charge in [-0.15, -0.1) is 0 Å². The molecule has 0 atom stereocenters. The molecular weight excluding hydrogens is 346 g/mol. The molecule has 0 unspecified atom stereocenters. The van der Waals surface area contributed by atoms with Gasteiger partial charge < -0.3 is 10.6 Å². The molecule has 5 nitrogen and oxygen atoms in total. The summed E-state index contributed by atoms with van der Waals surface area (Å²) < 4.78 is 0.859. The second kappa shape index (κ2) is 7.25. The lowest BCUT2D eigenvalue weighted by molar-refractivity contribution is -0.118. The van der Waals surface area contributed by atoms with E-state index in [1.165, 1.54) is 11.3 Å². The highest BCUT2D eigenvalue weighted by atomic mass is 32.1. The summed E-state index contributed by atoms with van der Waals surface area (Å²) in [6.45, 7) is 7.61. The first-order valence-corrected chi connectivity index (χ1v) is 9.26. The van der Waals surface area contributed by atoms with Gasteiger partial charge in [-0.25, -0.2) is 4.98 Å². The molecule has 26 heavy (non-hydrogen) atoms. The van der Waals surface area contributed by atoms with Gasteiger partial charge in [0.25, 0.3) is 5.91 Å². The molecule has 6 heteroatoms. The third-order valence-corrected chi connectivity index (χ3v) is 5.06. The highest BCUT2D eigenvalue weighted by molar-refractivity contribution is 7.22. The average molecular weight is 367 g/mol. The Morgan fingerprint density at radius 3 is 2.38 bits per heavy atom. The van der Waals surface area contributed by atoms with E-state index >= 15 is 0 Å². The van der Waals surface area contributed by atoms with Crippen LogP contribution in [-0.2, 0) is 4.79 Å². The van der Waals surface area contributed by atoms with Crippen molar-refractivity contribution in [2.75, 3.05) is 10.6 Å². The van der Waals surface area contributed by atoms with E-state index in [0.29, 0.717) is 10.7 Å². The quantitative estimate of drug-likeness (QED) is 0.698. The minimum Gasteiger partial charge on any atom is -0.322 e. The lowest BCUT2D eigenvalue weighted by Gasteiger charge is -2.11. The second-order valence-corrected chi connectivity index (χ2v) is 7.60. The number of para-hydroxylation sites is 1. The van der Waals surface area contributed by atoms with Crippen LogP contribution in [0.25, 0.3) is 10.2 Å². The molecule has 2 aromatic carbocycles. The van der Waals surface area contributed by atoms with Gasteiger partial charge >= 0.3 is 0 Å². The van der Waals surface area contributed by atoms with E-state index in [2.05, 4.69) is 15.6 Å². The second-order valence-electron chi connectivity index (χ2n) is 6.57. The molecule has 0 aliphatic heterocycles. The summed E-state index contributed by atoms with van der Waals surface area (Å²) in [6, 6.07) is 11.3. The van der Waals surface area contributed by atoms with Crippen LogP contribution < -0.4 is 10.6 Å². The summed E-state index contributed by atoms with van der Waals surface area (Å²) >= 11 is 1.36. The van der Waals surface area contributed by atoms with Gasteiger partial charge in [0.05, 0.1) is 10.2 Å². The first-order valence-electron chi connectivity index (χ1n) is 8.44. The van der Waals surface area contributed by atoms with Crippen LogP contribution in [0.15, 0.2) is 36.4 Å². The first kappa shape index (κ1) is 18.1. The number of carbonyl (C=O) groups is 2. The Morgan fingerprint density at radius 2 is 1.73 bits per heavy atom. The highest BCUT2D eigenvalue weighted by Crippen LogP contribution is 2.28. The minimum absolute atomic E-state index is 0.0722. The van der Waals surface area contributed by atoms with Crippen molar-refractivity contribution < 1.29 is 9.59 Å². The van der Waals surface area contributed by atoms with E-state index < -0.39 is 0 Å². The molecule has 2 N–H and O–H groups in total. The van der Waals surface area contributed by atoms with Crippen LogP contribution in [0, 0.1) is 19.8 Å². The van der Waals surface area contributed by atoms with E-state index in [4.69, 9.17) is 0 Å². The Kier molecular flexibility index (Phi) is 5.04. The molecule has 2 amide bonds. The van der Waals surface area contributed by atoms with Crippen molar-refractivity contribution in [1.29, 1.82) is 0 Å². The van der Waals surface area contributed by atoms with Crippen molar-refractivity contribution in [2.45, 2.75) is 27.7 Å². The molecule has 3 aromatic rings. The molecular formula is C20H21N3O2S. The molecule has 3 rings (SSSR count). The van der Waals surface area contributed by atoms with Crippen molar-refractivity contribution in [2.24, 2.45) is 5.92 Å². The molecule has 0 saturated heterocycles. The van der Waals surface area contributed by atoms with Crippen molar-refractivity contribution >= 4 is 44.2 Å². The summed E-state index contributed by atoms with van der Waals surface area (Å²) in [5.74, 6) is -0.344. The van der Waals surface area contributed by atoms with Crippen LogP contribution in [0.2, 0.25) is 0 Å². The Labute approximate surface area is 156 Å². The summed E-state index contributed by atoms with van der Waals surface area (Å²) in [4.78, 5) is 28.9. The molecule has 0 aliphatic rings. The number of nitrogens with zero attached hydrogens (tertiary/aromatic N) is 1. The zero-order valence-electron chi connectivity index (χ0n) is 15.2. The normalized spacial score (nSPS) is 11.0. The molecule has 1 heterocycles. The molecule has 0 spiro atoms. The van der Waals surface area contributed by atoms with E-state index in [1.807, 2.05) is 45.9 Å². The molecule has 0 fully saturated rings. The third-order valence-electron chi connectivity index (χ3n) is 4.12. The maximum Gasteiger partial charge on any atom is 0.255 e. The van der Waals surface area contributed by atoms with Gasteiger partial charge in [0.2, 0.25) is 5.91 Å². The SMILES string of the molecule is Cc1cccc(C)c1NC(=O)c1ccc2nc(NC(=O)C(C)C)sc2c1. The Bertz CT molecular complexity index is 972. The van der Waals surface area contributed by atoms with Crippen molar-refractivity contribution in [3.8, 4) is 0 Å². The van der Waals surface area contributed by atoms with Crippen LogP contribution in [0.1, 0.15) is 35.3 Å². The first-order chi connectivity index (χ1) is 12.3. The molecule has 0 saturated carbocycles. The number of hydrogen-bond acceptors (Lipinski definition) is 4. The van der Waals surface area contributed by atoms with Gasteiger partial charge in [-0.2, -0.15) is 0 Å². The van der Waals surface area contributed by atoms with Crippen molar-refractivity contribution in [3.05, 3.63) is 53.1 Å². The van der Waals surface area contributed by atoms with Crippen molar-refractivity contribution in [1.82, 2.24) is 4.98 Å². The summed E-state index contributed by atoms with van der Waals surface area (Å²) in [5, 5.41) is 6.34. The molecule has 0 radical (unpaired) electrons. The predicted octanol–water partition coefficient (Wildman–Crippen LogP) is 4.76. The van der Waals surface area contributed by atoms with Crippen molar-refractivity contribution in [3.63, 3.8) is 0 Å². The van der Waals surface area contributed by atoms with Gasteiger partial charge in [0.15, 0.2) is 5.13 Å². The third kappa shape index (κ3) is 3.75. The number of aryl methyl sites for hydroxylation is 2. The maximum absolute atomic E-state index is 12.6. The van der Waals surface area contributed by atoms with Crippen LogP contribution in [0.5, 0.6) is 0 Å². The monoisotopic (exact) mass is 367 g/mol. The number of carbonyl (C=O) groups excluding carboxylic acids is 2. The molecule has 1 aromatic heterocycles. The number of rotatable bonds is 4. The smallest absolute Gasteiger partial charge is 0.255 e. The number of anilines is 2. The standard InChI is InChI=1S/C20H21N3O2S/c1-11(2)18(24)23-20-21-15-9-8-14(10-16(15)26-20)19(25)22-17-12(3)6-5-7-13(17)4/h5-11H,1-4H3,(H,22,25)(H,21,23,24). The predicted molar refractivity (Wildman–Crippen MR) is 107 cm³/mol. The fourth-order valence-electron chi connectivity index (χ4n) is 2.57. The fourth-order valence-corrected chi connectivity index (χ4v) is 3.47. The zero-order chi connectivity index (χ0) is 18.8. The van der Waals surface area contributed by atoms with Gasteiger partial charge in [0.1, 0.15) is 0 Å². The van der Waals surface area contributed by atoms with Gasteiger partial charge in [0, 0.05) is 17.2 Å². The minimum atomic E-state index is -0.162. The Hall–Kier alpha value is -2.73. The Balaban J connectivity index is 1.84. The van der Waals surface area contributed by atoms with E-state index in [0.717, 1.165) is 27.0 Å². The van der Waals surface area contributed by atoms with Crippen LogP contribution >= 0.6 is 11.3 Å². The lowest BCUT2D eigenvalue weighted by Crippen LogP contribution is -2.17. The number of benzene rings is 2. The fraction of sp³-hybridized carbons (Fsp3) is 0.250. The van der Waals surface area contributed by atoms with Gasteiger partial charge in [-0.3, -0.25) is 9.59 Å². The number of hydrogen-bond donors (Lipinski definition) is 2. The topological polar surface area (TPSA) is 71.1 Å². The largest absolute Gasteiger partial charge is 0.322 e. The van der Waals surface area contributed by atoms with E-state index in [9.17, 15) is 9.59 Å². The molecule has 0 aliphatic carbocycles.